The number of benzene rings is 1. The van der Waals surface area contributed by atoms with E-state index in [-0.39, 0.29) is 25.0 Å². The second-order valence-corrected chi connectivity index (χ2v) is 5.45. The number of Topliss-reactive ketones (excluding diaryl/α,β-unsaturated/α-hetero) is 1. The van der Waals surface area contributed by atoms with Crippen LogP contribution >= 0.6 is 0 Å². The van der Waals surface area contributed by atoms with Gasteiger partial charge in [-0.2, -0.15) is 15.8 Å². The van der Waals surface area contributed by atoms with Gasteiger partial charge in [-0.05, 0) is 26.2 Å². The summed E-state index contributed by atoms with van der Waals surface area (Å²) in [7, 11) is 0. The van der Waals surface area contributed by atoms with E-state index in [1.807, 2.05) is 19.1 Å². The molecule has 0 heterocycles. The minimum atomic E-state index is -0.795. The Morgan fingerprint density at radius 3 is 1.68 bits per heavy atom. The molecule has 0 aromatic heterocycles. The molecule has 0 fully saturated rings. The highest BCUT2D eigenvalue weighted by Gasteiger charge is 2.37. The van der Waals surface area contributed by atoms with Crippen LogP contribution < -0.4 is 0 Å². The lowest BCUT2D eigenvalue weighted by atomic mass is 9.70. The Balaban J connectivity index is 3.16. The lowest BCUT2D eigenvalue weighted by Gasteiger charge is -2.30. The Kier molecular flexibility index (Phi) is 6.81. The first kappa shape index (κ1) is 17.4. The van der Waals surface area contributed by atoms with Crippen LogP contribution in [0.15, 0.2) is 24.3 Å². The van der Waals surface area contributed by atoms with Gasteiger partial charge in [0.05, 0.1) is 18.2 Å². The highest BCUT2D eigenvalue weighted by molar-refractivity contribution is 6.00. The monoisotopic (exact) mass is 293 g/mol. The van der Waals surface area contributed by atoms with Gasteiger partial charge in [-0.15, -0.1) is 0 Å². The van der Waals surface area contributed by atoms with Crippen LogP contribution in [0.3, 0.4) is 0 Å². The Morgan fingerprint density at radius 2 is 1.32 bits per heavy atom. The SMILES string of the molecule is Cc1ccc(C(=O)C(CCC#N)(CCC#N)CCC#N)cc1. The highest BCUT2D eigenvalue weighted by Crippen LogP contribution is 2.38. The van der Waals surface area contributed by atoms with Gasteiger partial charge in [0.15, 0.2) is 5.78 Å². The molecule has 0 bridgehead atoms. The predicted molar refractivity (Wildman–Crippen MR) is 82.5 cm³/mol. The fraction of sp³-hybridized carbons (Fsp3) is 0.444. The average molecular weight is 293 g/mol. The number of nitriles is 3. The molecule has 4 heteroatoms. The van der Waals surface area contributed by atoms with Crippen LogP contribution in [0.5, 0.6) is 0 Å². The molecule has 4 nitrogen and oxygen atoms in total. The van der Waals surface area contributed by atoms with Gasteiger partial charge in [-0.25, -0.2) is 0 Å². The first-order chi connectivity index (χ1) is 10.6. The zero-order valence-electron chi connectivity index (χ0n) is 12.8. The molecular formula is C18H19N3O. The van der Waals surface area contributed by atoms with Crippen molar-refractivity contribution in [2.24, 2.45) is 5.41 Å². The maximum absolute atomic E-state index is 13.0. The normalized spacial score (nSPS) is 10.3. The van der Waals surface area contributed by atoms with E-state index in [9.17, 15) is 4.79 Å². The van der Waals surface area contributed by atoms with Crippen molar-refractivity contribution in [1.29, 1.82) is 15.8 Å². The molecule has 0 aliphatic carbocycles. The number of carbonyl (C=O) groups is 1. The zero-order chi connectivity index (χ0) is 16.4. The van der Waals surface area contributed by atoms with Crippen LogP contribution in [0, 0.1) is 46.3 Å². The molecule has 1 aromatic rings. The highest BCUT2D eigenvalue weighted by atomic mass is 16.1. The van der Waals surface area contributed by atoms with E-state index >= 15 is 0 Å². The Bertz CT molecular complexity index is 581. The first-order valence-electron chi connectivity index (χ1n) is 7.32. The Labute approximate surface area is 131 Å². The van der Waals surface area contributed by atoms with Crippen LogP contribution in [0.1, 0.15) is 54.4 Å². The third-order valence-electron chi connectivity index (χ3n) is 3.94. The molecule has 112 valence electrons. The fourth-order valence-corrected chi connectivity index (χ4v) is 2.61. The lowest BCUT2D eigenvalue weighted by molar-refractivity contribution is 0.0746. The molecule has 22 heavy (non-hydrogen) atoms. The van der Waals surface area contributed by atoms with Gasteiger partial charge in [-0.3, -0.25) is 4.79 Å². The molecule has 0 aliphatic heterocycles. The standard InChI is InChI=1S/C18H19N3O/c1-15-5-7-16(8-6-15)17(22)18(9-2-12-19,10-3-13-20)11-4-14-21/h5-8H,2-4,9-11H2,1H3. The largest absolute Gasteiger partial charge is 0.294 e. The fourth-order valence-electron chi connectivity index (χ4n) is 2.61. The third-order valence-corrected chi connectivity index (χ3v) is 3.94. The van der Waals surface area contributed by atoms with Crippen LogP contribution in [0.4, 0.5) is 0 Å². The summed E-state index contributed by atoms with van der Waals surface area (Å²) in [6.07, 6.45) is 1.90. The summed E-state index contributed by atoms with van der Waals surface area (Å²) in [5.41, 5.74) is 0.851. The van der Waals surface area contributed by atoms with Crippen molar-refractivity contribution in [3.05, 3.63) is 35.4 Å². The number of aryl methyl sites for hydroxylation is 1. The summed E-state index contributed by atoms with van der Waals surface area (Å²) in [6.45, 7) is 1.95. The molecule has 0 spiro atoms. The van der Waals surface area contributed by atoms with E-state index in [4.69, 9.17) is 15.8 Å². The number of ketones is 1. The average Bonchev–Trinajstić information content (AvgIpc) is 2.54. The molecule has 0 atom stereocenters. The van der Waals surface area contributed by atoms with Crippen molar-refractivity contribution in [2.45, 2.75) is 45.4 Å². The van der Waals surface area contributed by atoms with E-state index < -0.39 is 5.41 Å². The van der Waals surface area contributed by atoms with E-state index in [1.54, 1.807) is 12.1 Å². The quantitative estimate of drug-likeness (QED) is 0.675. The number of rotatable bonds is 8. The maximum Gasteiger partial charge on any atom is 0.169 e. The molecule has 1 rings (SSSR count). The lowest BCUT2D eigenvalue weighted by Crippen LogP contribution is -2.31. The minimum Gasteiger partial charge on any atom is -0.294 e. The van der Waals surface area contributed by atoms with Crippen molar-refractivity contribution in [3.8, 4) is 18.2 Å². The first-order valence-corrected chi connectivity index (χ1v) is 7.32. The number of hydrogen-bond acceptors (Lipinski definition) is 4. The summed E-state index contributed by atoms with van der Waals surface area (Å²) in [6, 6.07) is 13.5. The van der Waals surface area contributed by atoms with Crippen molar-refractivity contribution in [3.63, 3.8) is 0 Å². The van der Waals surface area contributed by atoms with E-state index in [2.05, 4.69) is 18.2 Å². The summed E-state index contributed by atoms with van der Waals surface area (Å²) < 4.78 is 0. The smallest absolute Gasteiger partial charge is 0.169 e. The molecule has 1 aromatic carbocycles. The number of hydrogen-bond donors (Lipinski definition) is 0. The van der Waals surface area contributed by atoms with E-state index in [1.165, 1.54) is 0 Å². The van der Waals surface area contributed by atoms with Gasteiger partial charge in [-0.1, -0.05) is 29.8 Å². The van der Waals surface area contributed by atoms with Gasteiger partial charge in [0.1, 0.15) is 0 Å². The summed E-state index contributed by atoms with van der Waals surface area (Å²) >= 11 is 0. The molecule has 0 amide bonds. The van der Waals surface area contributed by atoms with Gasteiger partial charge in [0.25, 0.3) is 0 Å². The predicted octanol–water partition coefficient (Wildman–Crippen LogP) is 4.08. The number of carbonyl (C=O) groups excluding carboxylic acids is 1. The van der Waals surface area contributed by atoms with Gasteiger partial charge in [0, 0.05) is 30.2 Å². The van der Waals surface area contributed by atoms with Crippen LogP contribution in [-0.2, 0) is 0 Å². The van der Waals surface area contributed by atoms with Crippen molar-refractivity contribution in [1.82, 2.24) is 0 Å². The topological polar surface area (TPSA) is 88.4 Å². The Morgan fingerprint density at radius 1 is 0.909 bits per heavy atom. The molecule has 0 N–H and O–H groups in total. The minimum absolute atomic E-state index is 0.0618. The van der Waals surface area contributed by atoms with Crippen LogP contribution in [-0.4, -0.2) is 5.78 Å². The third kappa shape index (κ3) is 4.44. The van der Waals surface area contributed by atoms with Crippen molar-refractivity contribution < 1.29 is 4.79 Å². The molecule has 0 aliphatic rings. The number of nitrogens with zero attached hydrogens (tertiary/aromatic N) is 3. The summed E-state index contributed by atoms with van der Waals surface area (Å²) in [5, 5.41) is 26.6. The van der Waals surface area contributed by atoms with Crippen LogP contribution in [0.2, 0.25) is 0 Å². The van der Waals surface area contributed by atoms with Gasteiger partial charge in [0.2, 0.25) is 0 Å². The second-order valence-electron chi connectivity index (χ2n) is 5.45. The summed E-state index contributed by atoms with van der Waals surface area (Å²) in [4.78, 5) is 13.0. The molecule has 0 saturated heterocycles. The van der Waals surface area contributed by atoms with Crippen LogP contribution in [0.25, 0.3) is 0 Å². The molecule has 0 saturated carbocycles. The maximum atomic E-state index is 13.0. The van der Waals surface area contributed by atoms with E-state index in [0.717, 1.165) is 5.56 Å². The summed E-state index contributed by atoms with van der Waals surface area (Å²) in [5.74, 6) is -0.0618. The Hall–Kier alpha value is -2.64. The van der Waals surface area contributed by atoms with Gasteiger partial charge >= 0.3 is 0 Å². The van der Waals surface area contributed by atoms with Crippen molar-refractivity contribution >= 4 is 5.78 Å². The molecule has 0 unspecified atom stereocenters. The molecule has 0 radical (unpaired) electrons. The second kappa shape index (κ2) is 8.60. The van der Waals surface area contributed by atoms with Gasteiger partial charge < -0.3 is 0 Å². The molecular weight excluding hydrogens is 274 g/mol. The van der Waals surface area contributed by atoms with E-state index in [0.29, 0.717) is 24.8 Å². The van der Waals surface area contributed by atoms with Crippen molar-refractivity contribution in [2.75, 3.05) is 0 Å². The zero-order valence-corrected chi connectivity index (χ0v) is 12.8.